The first-order valence-corrected chi connectivity index (χ1v) is 7.57. The van der Waals surface area contributed by atoms with Gasteiger partial charge in [-0.15, -0.1) is 0 Å². The number of anilines is 1. The number of rotatable bonds is 2. The lowest BCUT2D eigenvalue weighted by Gasteiger charge is -2.26. The standard InChI is InChI=1S/C15H22BrN3/c1-15(2)6-3-8-19(9-7-15)13-5-4-11(16)10-12(13)14(17)18/h4-5,10H,3,6-9H2,1-2H3,(H3,17,18). The van der Waals surface area contributed by atoms with E-state index in [9.17, 15) is 0 Å². The summed E-state index contributed by atoms with van der Waals surface area (Å²) in [4.78, 5) is 2.37. The molecule has 0 radical (unpaired) electrons. The van der Waals surface area contributed by atoms with Gasteiger partial charge >= 0.3 is 0 Å². The molecule has 2 rings (SSSR count). The van der Waals surface area contributed by atoms with Gasteiger partial charge in [-0.25, -0.2) is 0 Å². The Balaban J connectivity index is 2.29. The SMILES string of the molecule is CC1(C)CCCN(c2ccc(Br)cc2C(=N)N)CC1. The zero-order valence-electron chi connectivity index (χ0n) is 11.7. The zero-order chi connectivity index (χ0) is 14.0. The quantitative estimate of drug-likeness (QED) is 0.643. The van der Waals surface area contributed by atoms with Crippen LogP contribution in [0.5, 0.6) is 0 Å². The van der Waals surface area contributed by atoms with Gasteiger partial charge in [0.2, 0.25) is 0 Å². The molecule has 3 N–H and O–H groups in total. The van der Waals surface area contributed by atoms with Crippen molar-refractivity contribution in [3.05, 3.63) is 28.2 Å². The van der Waals surface area contributed by atoms with Gasteiger partial charge in [0.25, 0.3) is 0 Å². The fraction of sp³-hybridized carbons (Fsp3) is 0.533. The Morgan fingerprint density at radius 3 is 2.74 bits per heavy atom. The second-order valence-corrected chi connectivity index (χ2v) is 7.00. The van der Waals surface area contributed by atoms with Crippen molar-refractivity contribution in [3.63, 3.8) is 0 Å². The van der Waals surface area contributed by atoms with Gasteiger partial charge in [0.1, 0.15) is 5.84 Å². The van der Waals surface area contributed by atoms with Gasteiger partial charge in [0, 0.05) is 28.8 Å². The Labute approximate surface area is 123 Å². The van der Waals surface area contributed by atoms with Gasteiger partial charge in [-0.05, 0) is 42.9 Å². The fourth-order valence-electron chi connectivity index (χ4n) is 2.66. The predicted octanol–water partition coefficient (Wildman–Crippen LogP) is 3.75. The fourth-order valence-corrected chi connectivity index (χ4v) is 3.02. The maximum atomic E-state index is 7.75. The van der Waals surface area contributed by atoms with Crippen molar-refractivity contribution < 1.29 is 0 Å². The molecule has 1 heterocycles. The van der Waals surface area contributed by atoms with E-state index < -0.39 is 0 Å². The molecule has 1 aliphatic rings. The van der Waals surface area contributed by atoms with E-state index in [4.69, 9.17) is 11.1 Å². The molecule has 104 valence electrons. The maximum absolute atomic E-state index is 7.75. The molecule has 0 spiro atoms. The second kappa shape index (κ2) is 5.53. The third-order valence-electron chi connectivity index (χ3n) is 3.93. The molecule has 1 aliphatic heterocycles. The van der Waals surface area contributed by atoms with Crippen molar-refractivity contribution >= 4 is 27.5 Å². The maximum Gasteiger partial charge on any atom is 0.124 e. The van der Waals surface area contributed by atoms with Crippen LogP contribution in [0.3, 0.4) is 0 Å². The summed E-state index contributed by atoms with van der Waals surface area (Å²) in [6, 6.07) is 6.03. The molecular weight excluding hydrogens is 302 g/mol. The van der Waals surface area contributed by atoms with Gasteiger partial charge in [-0.1, -0.05) is 29.8 Å². The summed E-state index contributed by atoms with van der Waals surface area (Å²) in [5.41, 5.74) is 8.05. The van der Waals surface area contributed by atoms with E-state index in [-0.39, 0.29) is 5.84 Å². The van der Waals surface area contributed by atoms with Crippen molar-refractivity contribution in [2.75, 3.05) is 18.0 Å². The predicted molar refractivity (Wildman–Crippen MR) is 85.0 cm³/mol. The highest BCUT2D eigenvalue weighted by atomic mass is 79.9. The monoisotopic (exact) mass is 323 g/mol. The highest BCUT2D eigenvalue weighted by molar-refractivity contribution is 9.10. The minimum atomic E-state index is 0.139. The van der Waals surface area contributed by atoms with E-state index in [2.05, 4.69) is 40.7 Å². The van der Waals surface area contributed by atoms with Crippen LogP contribution in [0, 0.1) is 10.8 Å². The van der Waals surface area contributed by atoms with Crippen molar-refractivity contribution in [2.45, 2.75) is 33.1 Å². The van der Waals surface area contributed by atoms with Crippen LogP contribution in [0.1, 0.15) is 38.7 Å². The minimum Gasteiger partial charge on any atom is -0.384 e. The number of nitrogens with one attached hydrogen (secondary N) is 1. The van der Waals surface area contributed by atoms with Gasteiger partial charge in [-0.3, -0.25) is 5.41 Å². The van der Waals surface area contributed by atoms with Gasteiger partial charge in [-0.2, -0.15) is 0 Å². The summed E-state index contributed by atoms with van der Waals surface area (Å²) < 4.78 is 0.969. The normalized spacial score (nSPS) is 19.0. The Hall–Kier alpha value is -1.03. The number of nitrogens with two attached hydrogens (primary N) is 1. The van der Waals surface area contributed by atoms with E-state index in [0.717, 1.165) is 28.8 Å². The van der Waals surface area contributed by atoms with E-state index in [1.165, 1.54) is 19.3 Å². The molecule has 3 nitrogen and oxygen atoms in total. The van der Waals surface area contributed by atoms with Crippen LogP contribution in [-0.2, 0) is 0 Å². The van der Waals surface area contributed by atoms with E-state index in [1.54, 1.807) is 0 Å². The van der Waals surface area contributed by atoms with Crippen molar-refractivity contribution in [3.8, 4) is 0 Å². The molecule has 0 amide bonds. The molecule has 0 saturated carbocycles. The topological polar surface area (TPSA) is 53.1 Å². The average Bonchev–Trinajstić information content (AvgIpc) is 2.50. The number of hydrogen-bond donors (Lipinski definition) is 2. The summed E-state index contributed by atoms with van der Waals surface area (Å²) in [5, 5.41) is 7.75. The molecule has 0 bridgehead atoms. The Morgan fingerprint density at radius 2 is 2.05 bits per heavy atom. The molecule has 4 heteroatoms. The first kappa shape index (κ1) is 14.4. The summed E-state index contributed by atoms with van der Waals surface area (Å²) in [6.45, 7) is 6.76. The highest BCUT2D eigenvalue weighted by Crippen LogP contribution is 2.33. The third kappa shape index (κ3) is 3.50. The Morgan fingerprint density at radius 1 is 1.32 bits per heavy atom. The Bertz CT molecular complexity index is 482. The molecule has 0 unspecified atom stereocenters. The lowest BCUT2D eigenvalue weighted by molar-refractivity contribution is 0.325. The number of nitrogen functional groups attached to an aromatic ring is 1. The first-order chi connectivity index (χ1) is 8.89. The van der Waals surface area contributed by atoms with E-state index in [0.29, 0.717) is 5.41 Å². The van der Waals surface area contributed by atoms with Gasteiger partial charge in [0.05, 0.1) is 0 Å². The minimum absolute atomic E-state index is 0.139. The van der Waals surface area contributed by atoms with Crippen molar-refractivity contribution in [1.82, 2.24) is 0 Å². The van der Waals surface area contributed by atoms with Gasteiger partial charge < -0.3 is 10.6 Å². The van der Waals surface area contributed by atoms with Crippen LogP contribution in [0.2, 0.25) is 0 Å². The third-order valence-corrected chi connectivity index (χ3v) is 4.42. The summed E-state index contributed by atoms with van der Waals surface area (Å²) in [6.07, 6.45) is 3.64. The summed E-state index contributed by atoms with van der Waals surface area (Å²) in [5.74, 6) is 0.139. The van der Waals surface area contributed by atoms with Crippen LogP contribution in [0.4, 0.5) is 5.69 Å². The molecule has 0 aromatic heterocycles. The van der Waals surface area contributed by atoms with Crippen molar-refractivity contribution in [1.29, 1.82) is 5.41 Å². The van der Waals surface area contributed by atoms with Crippen LogP contribution in [0.25, 0.3) is 0 Å². The Kier molecular flexibility index (Phi) is 4.19. The molecule has 1 aromatic rings. The van der Waals surface area contributed by atoms with E-state index in [1.807, 2.05) is 12.1 Å². The highest BCUT2D eigenvalue weighted by Gasteiger charge is 2.24. The largest absolute Gasteiger partial charge is 0.384 e. The van der Waals surface area contributed by atoms with E-state index >= 15 is 0 Å². The number of benzene rings is 1. The van der Waals surface area contributed by atoms with Crippen LogP contribution in [-0.4, -0.2) is 18.9 Å². The van der Waals surface area contributed by atoms with Crippen molar-refractivity contribution in [2.24, 2.45) is 11.1 Å². The molecule has 1 saturated heterocycles. The zero-order valence-corrected chi connectivity index (χ0v) is 13.3. The number of halogens is 1. The number of hydrogen-bond acceptors (Lipinski definition) is 2. The number of nitrogens with zero attached hydrogens (tertiary/aromatic N) is 1. The molecule has 1 aromatic carbocycles. The summed E-state index contributed by atoms with van der Waals surface area (Å²) in [7, 11) is 0. The molecule has 19 heavy (non-hydrogen) atoms. The van der Waals surface area contributed by atoms with Gasteiger partial charge in [0.15, 0.2) is 0 Å². The first-order valence-electron chi connectivity index (χ1n) is 6.78. The smallest absolute Gasteiger partial charge is 0.124 e. The van der Waals surface area contributed by atoms with Crippen LogP contribution in [0.15, 0.2) is 22.7 Å². The molecule has 0 atom stereocenters. The van der Waals surface area contributed by atoms with Crippen LogP contribution < -0.4 is 10.6 Å². The molecule has 1 fully saturated rings. The lowest BCUT2D eigenvalue weighted by atomic mass is 9.85. The van der Waals surface area contributed by atoms with Crippen LogP contribution >= 0.6 is 15.9 Å². The summed E-state index contributed by atoms with van der Waals surface area (Å²) >= 11 is 3.45. The average molecular weight is 324 g/mol. The second-order valence-electron chi connectivity index (χ2n) is 6.08. The number of amidine groups is 1. The molecular formula is C15H22BrN3. The lowest BCUT2D eigenvalue weighted by Crippen LogP contribution is -2.28. The molecule has 0 aliphatic carbocycles.